The first-order valence-electron chi connectivity index (χ1n) is 11.2. The molecular weight excluding hydrogens is 442 g/mol. The predicted octanol–water partition coefficient (Wildman–Crippen LogP) is 3.45. The van der Waals surface area contributed by atoms with Gasteiger partial charge in [0.15, 0.2) is 6.10 Å². The van der Waals surface area contributed by atoms with Crippen molar-refractivity contribution in [1.29, 1.82) is 0 Å². The van der Waals surface area contributed by atoms with Crippen molar-refractivity contribution >= 4 is 33.2 Å². The van der Waals surface area contributed by atoms with Crippen molar-refractivity contribution in [3.05, 3.63) is 47.5 Å². The summed E-state index contributed by atoms with van der Waals surface area (Å²) in [6.07, 6.45) is 1.05. The summed E-state index contributed by atoms with van der Waals surface area (Å²) < 4.78 is 34.2. The standard InChI is InChI=1S/C24H29N3O5S/c1-4-20-24(29)26-19-12-16(3)22(13-21(19)32-20)33(30,31)27-10-6-8-17(14-27)23(28)25-18-9-5-7-15(2)11-18/h5,7,9,11-13,17,20H,4,6,8,10,14H2,1-3H3,(H,25,28)(H,26,29)/t17-,20+/m1/s1. The second-order valence-electron chi connectivity index (χ2n) is 8.68. The van der Waals surface area contributed by atoms with Gasteiger partial charge >= 0.3 is 0 Å². The van der Waals surface area contributed by atoms with E-state index in [-0.39, 0.29) is 23.3 Å². The summed E-state index contributed by atoms with van der Waals surface area (Å²) in [5.41, 5.74) is 2.72. The highest BCUT2D eigenvalue weighted by atomic mass is 32.2. The quantitative estimate of drug-likeness (QED) is 0.695. The number of sulfonamides is 1. The molecule has 4 rings (SSSR count). The molecule has 2 amide bonds. The van der Waals surface area contributed by atoms with Crippen LogP contribution >= 0.6 is 0 Å². The lowest BCUT2D eigenvalue weighted by molar-refractivity contribution is -0.123. The van der Waals surface area contributed by atoms with Gasteiger partial charge in [0, 0.05) is 24.8 Å². The molecule has 2 aliphatic rings. The van der Waals surface area contributed by atoms with Gasteiger partial charge in [-0.1, -0.05) is 19.1 Å². The number of nitrogens with zero attached hydrogens (tertiary/aromatic N) is 1. The number of ether oxygens (including phenoxy) is 1. The Bertz CT molecular complexity index is 1190. The molecule has 0 unspecified atom stereocenters. The first-order valence-corrected chi connectivity index (χ1v) is 12.6. The molecule has 0 spiro atoms. The fourth-order valence-electron chi connectivity index (χ4n) is 4.31. The van der Waals surface area contributed by atoms with Crippen molar-refractivity contribution in [2.75, 3.05) is 23.7 Å². The minimum absolute atomic E-state index is 0.117. The number of piperidine rings is 1. The predicted molar refractivity (Wildman–Crippen MR) is 126 cm³/mol. The Labute approximate surface area is 194 Å². The van der Waals surface area contributed by atoms with Gasteiger partial charge in [0.25, 0.3) is 5.91 Å². The lowest BCUT2D eigenvalue weighted by atomic mass is 9.98. The average molecular weight is 472 g/mol. The average Bonchev–Trinajstić information content (AvgIpc) is 2.78. The third-order valence-corrected chi connectivity index (χ3v) is 8.13. The van der Waals surface area contributed by atoms with Gasteiger partial charge in [-0.15, -0.1) is 0 Å². The minimum atomic E-state index is -3.85. The molecule has 2 N–H and O–H groups in total. The summed E-state index contributed by atoms with van der Waals surface area (Å²) in [5, 5.41) is 5.70. The van der Waals surface area contributed by atoms with E-state index in [1.165, 1.54) is 10.4 Å². The fourth-order valence-corrected chi connectivity index (χ4v) is 6.06. The smallest absolute Gasteiger partial charge is 0.265 e. The van der Waals surface area contributed by atoms with Crippen molar-refractivity contribution in [2.45, 2.75) is 51.0 Å². The first-order chi connectivity index (χ1) is 15.7. The molecule has 9 heteroatoms. The van der Waals surface area contributed by atoms with Crippen molar-refractivity contribution < 1.29 is 22.7 Å². The van der Waals surface area contributed by atoms with Crippen LogP contribution in [0, 0.1) is 19.8 Å². The van der Waals surface area contributed by atoms with Gasteiger partial charge in [-0.2, -0.15) is 4.31 Å². The summed E-state index contributed by atoms with van der Waals surface area (Å²) in [6, 6.07) is 10.6. The van der Waals surface area contributed by atoms with E-state index >= 15 is 0 Å². The Morgan fingerprint density at radius 3 is 2.76 bits per heavy atom. The van der Waals surface area contributed by atoms with E-state index in [2.05, 4.69) is 10.6 Å². The first kappa shape index (κ1) is 23.3. The maximum absolute atomic E-state index is 13.5. The summed E-state index contributed by atoms with van der Waals surface area (Å²) >= 11 is 0. The van der Waals surface area contributed by atoms with E-state index in [4.69, 9.17) is 4.74 Å². The highest BCUT2D eigenvalue weighted by molar-refractivity contribution is 7.89. The molecular formula is C24H29N3O5S. The number of carbonyl (C=O) groups excluding carboxylic acids is 2. The highest BCUT2D eigenvalue weighted by Crippen LogP contribution is 2.36. The molecule has 33 heavy (non-hydrogen) atoms. The number of anilines is 2. The zero-order valence-electron chi connectivity index (χ0n) is 19.1. The summed E-state index contributed by atoms with van der Waals surface area (Å²) in [4.78, 5) is 25.1. The molecule has 0 aliphatic carbocycles. The van der Waals surface area contributed by atoms with Gasteiger partial charge in [-0.05, 0) is 62.4 Å². The van der Waals surface area contributed by atoms with Gasteiger partial charge in [-0.25, -0.2) is 8.42 Å². The van der Waals surface area contributed by atoms with Crippen LogP contribution in [-0.4, -0.2) is 43.7 Å². The largest absolute Gasteiger partial charge is 0.478 e. The molecule has 2 aliphatic heterocycles. The Morgan fingerprint density at radius 2 is 2.03 bits per heavy atom. The second-order valence-corrected chi connectivity index (χ2v) is 10.6. The zero-order valence-corrected chi connectivity index (χ0v) is 19.9. The number of hydrogen-bond acceptors (Lipinski definition) is 5. The number of benzene rings is 2. The van der Waals surface area contributed by atoms with Crippen LogP contribution in [0.15, 0.2) is 41.3 Å². The summed E-state index contributed by atoms with van der Waals surface area (Å²) in [6.45, 7) is 5.94. The number of carbonyl (C=O) groups is 2. The van der Waals surface area contributed by atoms with E-state index in [9.17, 15) is 18.0 Å². The van der Waals surface area contributed by atoms with Crippen LogP contribution < -0.4 is 15.4 Å². The number of amides is 2. The molecule has 8 nitrogen and oxygen atoms in total. The Hall–Kier alpha value is -2.91. The summed E-state index contributed by atoms with van der Waals surface area (Å²) in [7, 11) is -3.85. The lowest BCUT2D eigenvalue weighted by Crippen LogP contribution is -2.44. The van der Waals surface area contributed by atoms with Crippen LogP contribution in [0.4, 0.5) is 11.4 Å². The van der Waals surface area contributed by atoms with Crippen molar-refractivity contribution in [3.63, 3.8) is 0 Å². The number of rotatable bonds is 5. The molecule has 0 aromatic heterocycles. The molecule has 0 radical (unpaired) electrons. The minimum Gasteiger partial charge on any atom is -0.478 e. The number of nitrogens with one attached hydrogen (secondary N) is 2. The van der Waals surface area contributed by atoms with E-state index < -0.39 is 22.0 Å². The molecule has 2 aromatic carbocycles. The summed E-state index contributed by atoms with van der Waals surface area (Å²) in [5.74, 6) is -0.513. The fraction of sp³-hybridized carbons (Fsp3) is 0.417. The van der Waals surface area contributed by atoms with Gasteiger partial charge in [0.05, 0.1) is 16.5 Å². The van der Waals surface area contributed by atoms with E-state index in [0.717, 1.165) is 5.56 Å². The maximum atomic E-state index is 13.5. The van der Waals surface area contributed by atoms with Gasteiger partial charge in [-0.3, -0.25) is 9.59 Å². The van der Waals surface area contributed by atoms with E-state index in [0.29, 0.717) is 48.5 Å². The number of fused-ring (bicyclic) bond motifs is 1. The molecule has 1 fully saturated rings. The van der Waals surface area contributed by atoms with Gasteiger partial charge < -0.3 is 15.4 Å². The van der Waals surface area contributed by atoms with Crippen LogP contribution in [0.5, 0.6) is 5.75 Å². The molecule has 2 heterocycles. The monoisotopic (exact) mass is 471 g/mol. The maximum Gasteiger partial charge on any atom is 0.265 e. The molecule has 2 aromatic rings. The van der Waals surface area contributed by atoms with E-state index in [1.807, 2.05) is 38.1 Å². The van der Waals surface area contributed by atoms with Crippen LogP contribution in [-0.2, 0) is 19.6 Å². The second kappa shape index (κ2) is 9.15. The van der Waals surface area contributed by atoms with Crippen LogP contribution in [0.3, 0.4) is 0 Å². The lowest BCUT2D eigenvalue weighted by Gasteiger charge is -2.32. The van der Waals surface area contributed by atoms with Crippen LogP contribution in [0.2, 0.25) is 0 Å². The topological polar surface area (TPSA) is 105 Å². The van der Waals surface area contributed by atoms with E-state index in [1.54, 1.807) is 13.0 Å². The molecule has 1 saturated heterocycles. The highest BCUT2D eigenvalue weighted by Gasteiger charge is 2.36. The number of hydrogen-bond donors (Lipinski definition) is 2. The SMILES string of the molecule is CC[C@@H]1Oc2cc(S(=O)(=O)N3CCC[C@@H](C(=O)Nc4cccc(C)c4)C3)c(C)cc2NC1=O. The Kier molecular flexibility index (Phi) is 6.45. The van der Waals surface area contributed by atoms with Gasteiger partial charge in [0.1, 0.15) is 5.75 Å². The third-order valence-electron chi connectivity index (χ3n) is 6.13. The van der Waals surface area contributed by atoms with Crippen LogP contribution in [0.25, 0.3) is 0 Å². The zero-order chi connectivity index (χ0) is 23.8. The molecule has 2 atom stereocenters. The van der Waals surface area contributed by atoms with Crippen molar-refractivity contribution in [2.24, 2.45) is 5.92 Å². The van der Waals surface area contributed by atoms with Gasteiger partial charge in [0.2, 0.25) is 15.9 Å². The van der Waals surface area contributed by atoms with Crippen LogP contribution in [0.1, 0.15) is 37.3 Å². The molecule has 176 valence electrons. The third kappa shape index (κ3) is 4.74. The van der Waals surface area contributed by atoms with Crippen molar-refractivity contribution in [1.82, 2.24) is 4.31 Å². The normalized spacial score (nSPS) is 21.0. The van der Waals surface area contributed by atoms with Crippen molar-refractivity contribution in [3.8, 4) is 5.75 Å². The number of aryl methyl sites for hydroxylation is 2. The Balaban J connectivity index is 1.55. The molecule has 0 saturated carbocycles. The molecule has 0 bridgehead atoms. The Morgan fingerprint density at radius 1 is 1.24 bits per heavy atom.